The van der Waals surface area contributed by atoms with Gasteiger partial charge in [0.05, 0.1) is 12.5 Å². The van der Waals surface area contributed by atoms with Crippen molar-refractivity contribution in [2.24, 2.45) is 28.9 Å². The van der Waals surface area contributed by atoms with Gasteiger partial charge in [0.2, 0.25) is 53.2 Å². The van der Waals surface area contributed by atoms with Crippen molar-refractivity contribution in [3.05, 3.63) is 71.9 Å². The fraction of sp³-hybridized carbons (Fsp3) is 0.596. The van der Waals surface area contributed by atoms with Crippen molar-refractivity contribution in [2.45, 2.75) is 178 Å². The molecule has 0 spiro atoms. The monoisotopic (exact) mass is 1130 g/mol. The highest BCUT2D eigenvalue weighted by atomic mass is 16.3. The molecule has 4 rings (SSSR count). The van der Waals surface area contributed by atoms with E-state index in [1.807, 2.05) is 68.4 Å². The van der Waals surface area contributed by atoms with Crippen molar-refractivity contribution in [3.8, 4) is 0 Å². The van der Waals surface area contributed by atoms with Crippen molar-refractivity contribution < 1.29 is 48.3 Å². The summed E-state index contributed by atoms with van der Waals surface area (Å²) < 4.78 is 0. The van der Waals surface area contributed by atoms with Crippen molar-refractivity contribution in [2.75, 3.05) is 32.7 Å². The number of aromatic nitrogens is 1. The van der Waals surface area contributed by atoms with Crippen LogP contribution < -0.4 is 70.8 Å². The summed E-state index contributed by atoms with van der Waals surface area (Å²) in [5.74, 6) is -7.08. The van der Waals surface area contributed by atoms with E-state index < -0.39 is 108 Å². The number of hydrogen-bond acceptors (Lipinski definition) is 14. The Morgan fingerprint density at radius 2 is 1.15 bits per heavy atom. The number of hydrogen-bond donors (Lipinski definition) is 15. The topological polar surface area (TPSA) is 402 Å². The Hall–Kier alpha value is -6.99. The van der Waals surface area contributed by atoms with Gasteiger partial charge in [0.25, 0.3) is 0 Å². The van der Waals surface area contributed by atoms with E-state index in [0.29, 0.717) is 18.4 Å². The largest absolute Gasteiger partial charge is 0.393 e. The number of aliphatic hydroxyl groups is 1. The number of aryl methyl sites for hydroxylation is 1. The minimum Gasteiger partial charge on any atom is -0.393 e. The first-order valence-corrected chi connectivity index (χ1v) is 28.7. The van der Waals surface area contributed by atoms with Gasteiger partial charge < -0.3 is 80.9 Å². The first-order chi connectivity index (χ1) is 38.9. The molecule has 1 aromatic heterocycles. The highest BCUT2D eigenvalue weighted by Crippen LogP contribution is 2.20. The van der Waals surface area contributed by atoms with Gasteiger partial charge in [-0.3, -0.25) is 43.2 Å². The first kappa shape index (κ1) is 66.5. The molecule has 448 valence electrons. The third kappa shape index (κ3) is 22.8. The number of aromatic amines is 1. The van der Waals surface area contributed by atoms with Gasteiger partial charge in [0.1, 0.15) is 48.3 Å². The summed E-state index contributed by atoms with van der Waals surface area (Å²) in [6.45, 7) is 5.15. The number of rotatable bonds is 26. The molecule has 0 aliphatic carbocycles. The summed E-state index contributed by atoms with van der Waals surface area (Å²) in [5, 5.41) is 35.9. The molecule has 0 radical (unpaired) electrons. The summed E-state index contributed by atoms with van der Waals surface area (Å²) in [4.78, 5) is 131. The van der Waals surface area contributed by atoms with Crippen LogP contribution in [0, 0.1) is 5.92 Å². The third-order valence-electron chi connectivity index (χ3n) is 14.1. The lowest BCUT2D eigenvalue weighted by atomic mass is 10.00. The smallest absolute Gasteiger partial charge is 0.243 e. The Bertz CT molecular complexity index is 2490. The van der Waals surface area contributed by atoms with Crippen LogP contribution in [-0.2, 0) is 56.0 Å². The van der Waals surface area contributed by atoms with Gasteiger partial charge in [-0.15, -0.1) is 0 Å². The van der Waals surface area contributed by atoms with E-state index in [1.54, 1.807) is 6.20 Å². The van der Waals surface area contributed by atoms with Crippen molar-refractivity contribution in [1.82, 2.24) is 52.8 Å². The Kier molecular flexibility index (Phi) is 29.3. The molecule has 0 bridgehead atoms. The molecule has 1 saturated heterocycles. The molecule has 1 fully saturated rings. The number of para-hydroxylation sites is 1. The normalized spacial score (nSPS) is 22.0. The molecule has 24 nitrogen and oxygen atoms in total. The highest BCUT2D eigenvalue weighted by molar-refractivity contribution is 5.98. The summed E-state index contributed by atoms with van der Waals surface area (Å²) >= 11 is 0. The number of benzene rings is 2. The zero-order chi connectivity index (χ0) is 59.3. The van der Waals surface area contributed by atoms with Crippen molar-refractivity contribution in [3.63, 3.8) is 0 Å². The number of unbranched alkanes of at least 4 members (excludes halogenated alkanes) is 4. The van der Waals surface area contributed by atoms with Crippen LogP contribution in [0.2, 0.25) is 0 Å². The van der Waals surface area contributed by atoms with Gasteiger partial charge in [0.15, 0.2) is 0 Å². The Morgan fingerprint density at radius 3 is 1.73 bits per heavy atom. The molecule has 0 unspecified atom stereocenters. The predicted molar refractivity (Wildman–Crippen MR) is 308 cm³/mol. The molecule has 0 saturated carbocycles. The molecule has 3 aromatic rings. The predicted octanol–water partition coefficient (Wildman–Crippen LogP) is -0.706. The van der Waals surface area contributed by atoms with Crippen LogP contribution in [0.15, 0.2) is 60.8 Å². The zero-order valence-electron chi connectivity index (χ0n) is 47.3. The van der Waals surface area contributed by atoms with E-state index in [1.165, 1.54) is 0 Å². The molecule has 19 N–H and O–H groups in total. The first-order valence-electron chi connectivity index (χ1n) is 28.7. The maximum atomic E-state index is 14.6. The second-order valence-corrected chi connectivity index (χ2v) is 21.2. The second kappa shape index (κ2) is 35.7. The average molecular weight is 1130 g/mol. The van der Waals surface area contributed by atoms with Crippen LogP contribution in [0.5, 0.6) is 0 Å². The standard InChI is InChI=1S/C57H90N14O10/c1-4-5-6-7-11-16-38(72)33-49(73)64-42(21-26-58)52(76)69-46-25-30-62-50(74)48(32-37-34-63-40-18-13-12-17-39(37)40)71-55(79)45(24-29-61)66-54(78)44(23-28-60)68-57(81)47(31-35(2)3)70-51(75)41(20-19-36-14-9-8-10-15-36)65-53(77)43(22-27-59)67-56(46)80/h8-10,12-15,17-18,34-35,38,41-48,63,72H,4-7,11,16,19-33,58-61H2,1-3H3,(H,62,74)(H,64,73)(H,65,77)(H,66,78)(H,67,80)(H,68,81)(H,69,76)(H,70,75)(H,71,79)/t38-,41-,42-,43+,44+,45+,46+,47+,48+/m1/s1. The van der Waals surface area contributed by atoms with Crippen LogP contribution in [-0.4, -0.2) is 150 Å². The summed E-state index contributed by atoms with van der Waals surface area (Å²) in [6.07, 6.45) is 5.29. The number of carbonyl (C=O) groups is 9. The van der Waals surface area contributed by atoms with Gasteiger partial charge in [-0.2, -0.15) is 0 Å². The lowest BCUT2D eigenvalue weighted by molar-refractivity contribution is -0.136. The van der Waals surface area contributed by atoms with Crippen LogP contribution in [0.4, 0.5) is 0 Å². The van der Waals surface area contributed by atoms with E-state index in [4.69, 9.17) is 22.9 Å². The molecule has 2 aromatic carbocycles. The van der Waals surface area contributed by atoms with E-state index in [2.05, 4.69) is 59.8 Å². The molecule has 24 heteroatoms. The van der Waals surface area contributed by atoms with Crippen LogP contribution in [0.25, 0.3) is 10.9 Å². The van der Waals surface area contributed by atoms with E-state index in [0.717, 1.165) is 48.6 Å². The van der Waals surface area contributed by atoms with Crippen LogP contribution >= 0.6 is 0 Å². The summed E-state index contributed by atoms with van der Waals surface area (Å²) in [6, 6.07) is 5.88. The number of carbonyl (C=O) groups excluding carboxylic acids is 9. The minimum atomic E-state index is -1.50. The zero-order valence-corrected chi connectivity index (χ0v) is 47.3. The molecular weight excluding hydrogens is 1040 g/mol. The summed E-state index contributed by atoms with van der Waals surface area (Å²) in [5.41, 5.74) is 26.1. The van der Waals surface area contributed by atoms with Crippen LogP contribution in [0.3, 0.4) is 0 Å². The van der Waals surface area contributed by atoms with Crippen molar-refractivity contribution in [1.29, 1.82) is 0 Å². The SMILES string of the molecule is CCCCCCC[C@@H](O)CC(=O)N[C@H](CCN)C(=O)N[C@H]1CCNC(=O)[C@H](Cc2c[nH]c3ccccc23)NC(=O)[C@H](CCN)NC(=O)[C@H](CCN)NC(=O)[C@H](CC(C)C)NC(=O)[C@@H](CCc2ccccc2)NC(=O)[C@H](CCN)NC1=O. The Balaban J connectivity index is 1.77. The lowest BCUT2D eigenvalue weighted by Gasteiger charge is -2.28. The second-order valence-electron chi connectivity index (χ2n) is 21.2. The number of nitrogens with two attached hydrogens (primary N) is 4. The number of amides is 9. The average Bonchev–Trinajstić information content (AvgIpc) is 3.92. The summed E-state index contributed by atoms with van der Waals surface area (Å²) in [7, 11) is 0. The maximum absolute atomic E-state index is 14.6. The quantitative estimate of drug-likeness (QED) is 0.0442. The third-order valence-corrected chi connectivity index (χ3v) is 14.1. The number of fused-ring (bicyclic) bond motifs is 1. The number of aliphatic hydroxyl groups excluding tert-OH is 1. The maximum Gasteiger partial charge on any atom is 0.243 e. The number of nitrogens with one attached hydrogen (secondary N) is 10. The molecule has 9 atom stereocenters. The van der Waals surface area contributed by atoms with E-state index in [-0.39, 0.29) is 96.4 Å². The Morgan fingerprint density at radius 1 is 0.617 bits per heavy atom. The Labute approximate surface area is 475 Å². The minimum absolute atomic E-state index is 0.0353. The van der Waals surface area contributed by atoms with E-state index in [9.17, 15) is 48.3 Å². The highest BCUT2D eigenvalue weighted by Gasteiger charge is 2.36. The number of H-pyrrole nitrogens is 1. The fourth-order valence-corrected chi connectivity index (χ4v) is 9.59. The molecule has 2 heterocycles. The molecule has 1 aliphatic rings. The lowest BCUT2D eigenvalue weighted by Crippen LogP contribution is -2.60. The van der Waals surface area contributed by atoms with Gasteiger partial charge in [-0.25, -0.2) is 0 Å². The van der Waals surface area contributed by atoms with Crippen molar-refractivity contribution >= 4 is 64.1 Å². The van der Waals surface area contributed by atoms with Gasteiger partial charge in [-0.05, 0) is 107 Å². The van der Waals surface area contributed by atoms with Gasteiger partial charge >= 0.3 is 0 Å². The molecule has 1 aliphatic heterocycles. The van der Waals surface area contributed by atoms with Crippen LogP contribution in [0.1, 0.15) is 122 Å². The molecular formula is C57H90N14O10. The van der Waals surface area contributed by atoms with Gasteiger partial charge in [-0.1, -0.05) is 101 Å². The van der Waals surface area contributed by atoms with E-state index >= 15 is 0 Å². The molecule has 9 amide bonds. The molecule has 81 heavy (non-hydrogen) atoms. The van der Waals surface area contributed by atoms with Gasteiger partial charge in [0, 0.05) is 30.1 Å². The fourth-order valence-electron chi connectivity index (χ4n) is 9.59.